The maximum atomic E-state index is 12.2. The van der Waals surface area contributed by atoms with Crippen LogP contribution in [0.5, 0.6) is 0 Å². The molecule has 0 aromatic heterocycles. The van der Waals surface area contributed by atoms with Gasteiger partial charge in [-0.05, 0) is 44.9 Å². The quantitative estimate of drug-likeness (QED) is 0.863. The number of carbonyl (C=O) groups excluding carboxylic acids is 1. The summed E-state index contributed by atoms with van der Waals surface area (Å²) in [4.78, 5) is 12.2. The summed E-state index contributed by atoms with van der Waals surface area (Å²) in [7, 11) is 0. The Kier molecular flexibility index (Phi) is 5.17. The van der Waals surface area contributed by atoms with Crippen LogP contribution < -0.4 is 5.32 Å². The van der Waals surface area contributed by atoms with E-state index in [1.54, 1.807) is 12.1 Å². The van der Waals surface area contributed by atoms with Gasteiger partial charge in [0.15, 0.2) is 0 Å². The summed E-state index contributed by atoms with van der Waals surface area (Å²) in [6.45, 7) is 5.67. The number of hydrogen-bond donors (Lipinski definition) is 2. The van der Waals surface area contributed by atoms with Crippen LogP contribution in [0.2, 0.25) is 5.02 Å². The molecule has 18 heavy (non-hydrogen) atoms. The van der Waals surface area contributed by atoms with Crippen molar-refractivity contribution < 1.29 is 9.90 Å². The second-order valence-corrected chi connectivity index (χ2v) is 5.46. The first kappa shape index (κ1) is 15.0. The largest absolute Gasteiger partial charge is 0.396 e. The Bertz CT molecular complexity index is 418. The maximum absolute atomic E-state index is 12.2. The van der Waals surface area contributed by atoms with E-state index in [1.165, 1.54) is 0 Å². The molecule has 0 aliphatic carbocycles. The van der Waals surface area contributed by atoms with Gasteiger partial charge in [0.1, 0.15) is 0 Å². The van der Waals surface area contributed by atoms with Gasteiger partial charge in [-0.1, -0.05) is 23.7 Å². The highest BCUT2D eigenvalue weighted by Crippen LogP contribution is 2.26. The van der Waals surface area contributed by atoms with E-state index in [4.69, 9.17) is 16.7 Å². The lowest BCUT2D eigenvalue weighted by Gasteiger charge is -2.26. The zero-order valence-corrected chi connectivity index (χ0v) is 11.8. The summed E-state index contributed by atoms with van der Waals surface area (Å²) in [5.74, 6) is -0.0642. The molecule has 0 radical (unpaired) electrons. The highest BCUT2D eigenvalue weighted by Gasteiger charge is 2.30. The van der Waals surface area contributed by atoms with Gasteiger partial charge in [-0.2, -0.15) is 0 Å². The Morgan fingerprint density at radius 2 is 2.17 bits per heavy atom. The summed E-state index contributed by atoms with van der Waals surface area (Å²) < 4.78 is 0. The van der Waals surface area contributed by atoms with Crippen molar-refractivity contribution in [3.05, 3.63) is 34.9 Å². The first-order chi connectivity index (χ1) is 8.37. The fraction of sp³-hybridized carbons (Fsp3) is 0.500. The molecule has 0 aliphatic heterocycles. The van der Waals surface area contributed by atoms with Gasteiger partial charge >= 0.3 is 0 Å². The lowest BCUT2D eigenvalue weighted by Crippen LogP contribution is -2.44. The lowest BCUT2D eigenvalue weighted by atomic mass is 9.83. The number of nitrogens with one attached hydrogen (secondary N) is 1. The molecule has 0 spiro atoms. The van der Waals surface area contributed by atoms with Crippen LogP contribution in [0, 0.1) is 0 Å². The SMILES string of the molecule is CC(CCO)NC(=O)C(C)(C)c1cccc(Cl)c1. The van der Waals surface area contributed by atoms with E-state index >= 15 is 0 Å². The molecule has 100 valence electrons. The molecule has 0 heterocycles. The molecule has 1 aromatic carbocycles. The number of hydrogen-bond acceptors (Lipinski definition) is 2. The molecule has 4 heteroatoms. The number of aliphatic hydroxyl groups excluding tert-OH is 1. The molecule has 0 saturated carbocycles. The van der Waals surface area contributed by atoms with Crippen molar-refractivity contribution in [1.29, 1.82) is 0 Å². The normalized spacial score (nSPS) is 13.2. The summed E-state index contributed by atoms with van der Waals surface area (Å²) in [6, 6.07) is 7.28. The number of halogens is 1. The minimum atomic E-state index is -0.644. The third-order valence-electron chi connectivity index (χ3n) is 3.05. The molecule has 0 aliphatic rings. The molecule has 2 N–H and O–H groups in total. The monoisotopic (exact) mass is 269 g/mol. The van der Waals surface area contributed by atoms with Crippen molar-refractivity contribution in [3.8, 4) is 0 Å². The molecule has 1 aromatic rings. The van der Waals surface area contributed by atoms with Crippen LogP contribution in [0.3, 0.4) is 0 Å². The van der Waals surface area contributed by atoms with Crippen molar-refractivity contribution in [2.75, 3.05) is 6.61 Å². The van der Waals surface area contributed by atoms with Crippen LogP contribution in [0.15, 0.2) is 24.3 Å². The van der Waals surface area contributed by atoms with Gasteiger partial charge in [-0.25, -0.2) is 0 Å². The predicted octanol–water partition coefficient (Wildman–Crippen LogP) is 2.50. The van der Waals surface area contributed by atoms with Crippen LogP contribution in [-0.2, 0) is 10.2 Å². The number of rotatable bonds is 5. The standard InChI is InChI=1S/C14H20ClNO2/c1-10(7-8-17)16-13(18)14(2,3)11-5-4-6-12(15)9-11/h4-6,9-10,17H,7-8H2,1-3H3,(H,16,18). The molecule has 3 nitrogen and oxygen atoms in total. The lowest BCUT2D eigenvalue weighted by molar-refractivity contribution is -0.126. The predicted molar refractivity (Wildman–Crippen MR) is 73.8 cm³/mol. The number of carbonyl (C=O) groups is 1. The summed E-state index contributed by atoms with van der Waals surface area (Å²) in [5.41, 5.74) is 0.234. The minimum Gasteiger partial charge on any atom is -0.396 e. The number of amides is 1. The van der Waals surface area contributed by atoms with Crippen molar-refractivity contribution in [2.24, 2.45) is 0 Å². The summed E-state index contributed by atoms with van der Waals surface area (Å²) in [5, 5.41) is 12.4. The topological polar surface area (TPSA) is 49.3 Å². The smallest absolute Gasteiger partial charge is 0.230 e. The zero-order valence-electron chi connectivity index (χ0n) is 11.0. The highest BCUT2D eigenvalue weighted by molar-refractivity contribution is 6.30. The van der Waals surface area contributed by atoms with Crippen molar-refractivity contribution >= 4 is 17.5 Å². The third-order valence-corrected chi connectivity index (χ3v) is 3.29. The van der Waals surface area contributed by atoms with E-state index in [-0.39, 0.29) is 18.6 Å². The van der Waals surface area contributed by atoms with Gasteiger partial charge in [-0.15, -0.1) is 0 Å². The molecule has 1 rings (SSSR count). The van der Waals surface area contributed by atoms with Gasteiger partial charge < -0.3 is 10.4 Å². The first-order valence-electron chi connectivity index (χ1n) is 6.05. The molecule has 1 atom stereocenters. The number of benzene rings is 1. The van der Waals surface area contributed by atoms with Crippen molar-refractivity contribution in [3.63, 3.8) is 0 Å². The molecule has 0 saturated heterocycles. The van der Waals surface area contributed by atoms with Gasteiger partial charge in [0, 0.05) is 17.7 Å². The molecule has 1 amide bonds. The van der Waals surface area contributed by atoms with E-state index in [1.807, 2.05) is 32.9 Å². The van der Waals surface area contributed by atoms with E-state index in [2.05, 4.69) is 5.32 Å². The Morgan fingerprint density at radius 1 is 1.50 bits per heavy atom. The zero-order chi connectivity index (χ0) is 13.8. The van der Waals surface area contributed by atoms with E-state index in [0.717, 1.165) is 5.56 Å². The molecule has 0 fully saturated rings. The van der Waals surface area contributed by atoms with Gasteiger partial charge in [0.25, 0.3) is 0 Å². The Morgan fingerprint density at radius 3 is 2.72 bits per heavy atom. The van der Waals surface area contributed by atoms with Crippen LogP contribution in [0.4, 0.5) is 0 Å². The second-order valence-electron chi connectivity index (χ2n) is 5.02. The van der Waals surface area contributed by atoms with E-state index in [9.17, 15) is 4.79 Å². The molecular weight excluding hydrogens is 250 g/mol. The Hall–Kier alpha value is -1.06. The highest BCUT2D eigenvalue weighted by atomic mass is 35.5. The first-order valence-corrected chi connectivity index (χ1v) is 6.43. The van der Waals surface area contributed by atoms with E-state index in [0.29, 0.717) is 11.4 Å². The van der Waals surface area contributed by atoms with Gasteiger partial charge in [-0.3, -0.25) is 4.79 Å². The maximum Gasteiger partial charge on any atom is 0.230 e. The second kappa shape index (κ2) is 6.21. The fourth-order valence-electron chi connectivity index (χ4n) is 1.68. The fourth-order valence-corrected chi connectivity index (χ4v) is 1.87. The van der Waals surface area contributed by atoms with Crippen LogP contribution in [0.25, 0.3) is 0 Å². The van der Waals surface area contributed by atoms with Crippen molar-refractivity contribution in [1.82, 2.24) is 5.32 Å². The third kappa shape index (κ3) is 3.72. The van der Waals surface area contributed by atoms with Crippen LogP contribution in [-0.4, -0.2) is 23.7 Å². The average Bonchev–Trinajstić information content (AvgIpc) is 2.29. The Labute approximate surface area is 113 Å². The number of aliphatic hydroxyl groups is 1. The van der Waals surface area contributed by atoms with Gasteiger partial charge in [0.2, 0.25) is 5.91 Å². The Balaban J connectivity index is 2.82. The minimum absolute atomic E-state index is 0.0408. The van der Waals surface area contributed by atoms with Crippen molar-refractivity contribution in [2.45, 2.75) is 38.6 Å². The van der Waals surface area contributed by atoms with Gasteiger partial charge in [0.05, 0.1) is 5.41 Å². The van der Waals surface area contributed by atoms with Crippen LogP contribution >= 0.6 is 11.6 Å². The van der Waals surface area contributed by atoms with E-state index < -0.39 is 5.41 Å². The average molecular weight is 270 g/mol. The summed E-state index contributed by atoms with van der Waals surface area (Å²) in [6.07, 6.45) is 0.553. The molecular formula is C14H20ClNO2. The summed E-state index contributed by atoms with van der Waals surface area (Å²) >= 11 is 5.95. The van der Waals surface area contributed by atoms with Crippen LogP contribution in [0.1, 0.15) is 32.8 Å². The molecule has 1 unspecified atom stereocenters. The molecule has 0 bridgehead atoms.